The molecule has 1 saturated carbocycles. The van der Waals surface area contributed by atoms with Gasteiger partial charge in [0.05, 0.1) is 5.02 Å². The van der Waals surface area contributed by atoms with Crippen molar-refractivity contribution < 1.29 is 18.7 Å². The third-order valence-electron chi connectivity index (χ3n) is 5.63. The van der Waals surface area contributed by atoms with Gasteiger partial charge >= 0.3 is 0 Å². The zero-order valence-electron chi connectivity index (χ0n) is 18.0. The lowest BCUT2D eigenvalue weighted by molar-refractivity contribution is -0.142. The normalized spacial score (nSPS) is 15.1. The summed E-state index contributed by atoms with van der Waals surface area (Å²) in [7, 11) is 0. The molecule has 0 radical (unpaired) electrons. The van der Waals surface area contributed by atoms with Gasteiger partial charge in [0, 0.05) is 17.1 Å². The summed E-state index contributed by atoms with van der Waals surface area (Å²) >= 11 is 9.51. The molecule has 1 atom stereocenters. The molecule has 0 spiro atoms. The summed E-state index contributed by atoms with van der Waals surface area (Å²) in [6, 6.07) is 10.4. The molecule has 8 heteroatoms. The van der Waals surface area contributed by atoms with Crippen molar-refractivity contribution in [1.82, 2.24) is 10.2 Å². The molecule has 1 aliphatic rings. The zero-order chi connectivity index (χ0) is 23.1. The van der Waals surface area contributed by atoms with E-state index in [1.54, 1.807) is 37.3 Å². The van der Waals surface area contributed by atoms with Gasteiger partial charge in [0.15, 0.2) is 6.61 Å². The Kier molecular flexibility index (Phi) is 8.93. The van der Waals surface area contributed by atoms with Gasteiger partial charge in [-0.05, 0) is 55.7 Å². The van der Waals surface area contributed by atoms with Crippen LogP contribution in [0.3, 0.4) is 0 Å². The van der Waals surface area contributed by atoms with Gasteiger partial charge in [-0.15, -0.1) is 0 Å². The van der Waals surface area contributed by atoms with Gasteiger partial charge < -0.3 is 15.0 Å². The van der Waals surface area contributed by atoms with Crippen LogP contribution in [-0.4, -0.2) is 35.4 Å². The number of carbonyl (C=O) groups excluding carboxylic acids is 2. The molecule has 0 aromatic heterocycles. The summed E-state index contributed by atoms with van der Waals surface area (Å²) in [5.74, 6) is -0.541. The Labute approximate surface area is 201 Å². The van der Waals surface area contributed by atoms with E-state index in [9.17, 15) is 14.0 Å². The van der Waals surface area contributed by atoms with E-state index < -0.39 is 6.04 Å². The van der Waals surface area contributed by atoms with Crippen LogP contribution in [0, 0.1) is 5.82 Å². The van der Waals surface area contributed by atoms with Crippen molar-refractivity contribution in [3.05, 3.63) is 63.3 Å². The molecular formula is C24H27BrClFN2O3. The van der Waals surface area contributed by atoms with E-state index in [0.29, 0.717) is 10.8 Å². The topological polar surface area (TPSA) is 58.6 Å². The molecule has 0 bridgehead atoms. The Balaban J connectivity index is 1.71. The van der Waals surface area contributed by atoms with E-state index in [1.165, 1.54) is 23.5 Å². The smallest absolute Gasteiger partial charge is 0.261 e. The average Bonchev–Trinajstić information content (AvgIpc) is 2.78. The van der Waals surface area contributed by atoms with E-state index in [1.807, 2.05) is 0 Å². The summed E-state index contributed by atoms with van der Waals surface area (Å²) in [5.41, 5.74) is 0.721. The van der Waals surface area contributed by atoms with E-state index in [4.69, 9.17) is 16.3 Å². The van der Waals surface area contributed by atoms with E-state index >= 15 is 0 Å². The second-order valence-corrected chi connectivity index (χ2v) is 9.35. The molecule has 1 N–H and O–H groups in total. The first-order valence-electron chi connectivity index (χ1n) is 10.8. The first-order chi connectivity index (χ1) is 15.3. The van der Waals surface area contributed by atoms with Crippen LogP contribution in [0.25, 0.3) is 0 Å². The lowest BCUT2D eigenvalue weighted by Gasteiger charge is -2.31. The summed E-state index contributed by atoms with van der Waals surface area (Å²) in [5, 5.41) is 3.45. The number of nitrogens with zero attached hydrogens (tertiary/aromatic N) is 1. The fraction of sp³-hybridized carbons (Fsp3) is 0.417. The number of carbonyl (C=O) groups is 2. The molecule has 0 heterocycles. The maximum absolute atomic E-state index is 13.3. The van der Waals surface area contributed by atoms with Gasteiger partial charge in [-0.2, -0.15) is 0 Å². The monoisotopic (exact) mass is 524 g/mol. The molecule has 1 fully saturated rings. The van der Waals surface area contributed by atoms with Gasteiger partial charge in [0.1, 0.15) is 17.6 Å². The van der Waals surface area contributed by atoms with Gasteiger partial charge in [-0.25, -0.2) is 4.39 Å². The first kappa shape index (κ1) is 24.5. The number of rotatable bonds is 8. The van der Waals surface area contributed by atoms with E-state index in [-0.39, 0.29) is 36.8 Å². The van der Waals surface area contributed by atoms with Crippen LogP contribution in [0.5, 0.6) is 5.75 Å². The molecule has 0 saturated heterocycles. The molecule has 5 nitrogen and oxygen atoms in total. The molecule has 0 unspecified atom stereocenters. The van der Waals surface area contributed by atoms with Crippen LogP contribution >= 0.6 is 27.5 Å². The molecule has 2 aromatic rings. The maximum Gasteiger partial charge on any atom is 0.261 e. The fourth-order valence-corrected chi connectivity index (χ4v) is 4.48. The molecule has 1 aliphatic carbocycles. The Morgan fingerprint density at radius 1 is 1.19 bits per heavy atom. The van der Waals surface area contributed by atoms with Crippen LogP contribution < -0.4 is 10.1 Å². The van der Waals surface area contributed by atoms with Crippen LogP contribution in [0.1, 0.15) is 44.6 Å². The highest BCUT2D eigenvalue weighted by Gasteiger charge is 2.28. The molecule has 172 valence electrons. The fourth-order valence-electron chi connectivity index (χ4n) is 3.75. The average molecular weight is 526 g/mol. The Hall–Kier alpha value is -2.12. The van der Waals surface area contributed by atoms with Crippen molar-refractivity contribution in [3.8, 4) is 5.75 Å². The third kappa shape index (κ3) is 6.94. The second kappa shape index (κ2) is 11.7. The van der Waals surface area contributed by atoms with Crippen molar-refractivity contribution in [1.29, 1.82) is 0 Å². The van der Waals surface area contributed by atoms with Crippen molar-refractivity contribution in [2.45, 2.75) is 57.7 Å². The van der Waals surface area contributed by atoms with E-state index in [2.05, 4.69) is 21.2 Å². The third-order valence-corrected chi connectivity index (χ3v) is 6.42. The zero-order valence-corrected chi connectivity index (χ0v) is 20.3. The highest BCUT2D eigenvalue weighted by molar-refractivity contribution is 9.10. The lowest BCUT2D eigenvalue weighted by atomic mass is 9.95. The van der Waals surface area contributed by atoms with Gasteiger partial charge in [-0.3, -0.25) is 9.59 Å². The van der Waals surface area contributed by atoms with Crippen molar-refractivity contribution in [2.24, 2.45) is 0 Å². The summed E-state index contributed by atoms with van der Waals surface area (Å²) < 4.78 is 19.8. The minimum atomic E-state index is -0.710. The SMILES string of the molecule is C[C@@H](C(=O)NC1CCCCC1)N(Cc1ccc(F)cc1)C(=O)COc1ccc(Br)cc1Cl. The van der Waals surface area contributed by atoms with Gasteiger partial charge in [-0.1, -0.05) is 58.9 Å². The predicted molar refractivity (Wildman–Crippen MR) is 126 cm³/mol. The molecule has 2 aromatic carbocycles. The number of ether oxygens (including phenoxy) is 1. The standard InChI is InChI=1S/C24H27BrClFN2O3/c1-16(24(31)28-20-5-3-2-4-6-20)29(14-17-7-10-19(27)11-8-17)23(30)15-32-22-12-9-18(25)13-21(22)26/h7-13,16,20H,2-6,14-15H2,1H3,(H,28,31)/t16-/m0/s1. The summed E-state index contributed by atoms with van der Waals surface area (Å²) in [6.45, 7) is 1.59. The van der Waals surface area contributed by atoms with Crippen LogP contribution in [0.15, 0.2) is 46.9 Å². The quantitative estimate of drug-likeness (QED) is 0.496. The summed E-state index contributed by atoms with van der Waals surface area (Å²) in [4.78, 5) is 27.5. The largest absolute Gasteiger partial charge is 0.482 e. The highest BCUT2D eigenvalue weighted by atomic mass is 79.9. The van der Waals surface area contributed by atoms with Crippen LogP contribution in [0.2, 0.25) is 5.02 Å². The first-order valence-corrected chi connectivity index (χ1v) is 11.9. The molecule has 3 rings (SSSR count). The number of hydrogen-bond donors (Lipinski definition) is 1. The van der Waals surface area contributed by atoms with Gasteiger partial charge in [0.25, 0.3) is 5.91 Å². The van der Waals surface area contributed by atoms with Crippen LogP contribution in [0.4, 0.5) is 4.39 Å². The molecule has 0 aliphatic heterocycles. The number of amides is 2. The van der Waals surface area contributed by atoms with Crippen molar-refractivity contribution in [3.63, 3.8) is 0 Å². The number of halogens is 3. The minimum Gasteiger partial charge on any atom is -0.482 e. The number of nitrogens with one attached hydrogen (secondary N) is 1. The molecule has 2 amide bonds. The Bertz CT molecular complexity index is 935. The molecule has 32 heavy (non-hydrogen) atoms. The summed E-state index contributed by atoms with van der Waals surface area (Å²) in [6.07, 6.45) is 5.29. The Morgan fingerprint density at radius 2 is 1.88 bits per heavy atom. The van der Waals surface area contributed by atoms with E-state index in [0.717, 1.165) is 35.7 Å². The molecular weight excluding hydrogens is 499 g/mol. The van der Waals surface area contributed by atoms with Gasteiger partial charge in [0.2, 0.25) is 5.91 Å². The second-order valence-electron chi connectivity index (χ2n) is 8.03. The predicted octanol–water partition coefficient (Wildman–Crippen LogP) is 5.49. The Morgan fingerprint density at radius 3 is 2.53 bits per heavy atom. The van der Waals surface area contributed by atoms with Crippen molar-refractivity contribution >= 4 is 39.3 Å². The lowest BCUT2D eigenvalue weighted by Crippen LogP contribution is -2.51. The minimum absolute atomic E-state index is 0.138. The van der Waals surface area contributed by atoms with Crippen LogP contribution in [-0.2, 0) is 16.1 Å². The van der Waals surface area contributed by atoms with Crippen molar-refractivity contribution in [2.75, 3.05) is 6.61 Å². The highest BCUT2D eigenvalue weighted by Crippen LogP contribution is 2.28. The number of benzene rings is 2. The number of hydrogen-bond acceptors (Lipinski definition) is 3. The maximum atomic E-state index is 13.3.